The van der Waals surface area contributed by atoms with Gasteiger partial charge in [-0.15, -0.1) is 0 Å². The number of nitrogens with zero attached hydrogens (tertiary/aromatic N) is 2. The maximum atomic E-state index is 12.0. The third-order valence-electron chi connectivity index (χ3n) is 1.80. The van der Waals surface area contributed by atoms with Crippen molar-refractivity contribution in [1.29, 1.82) is 0 Å². The van der Waals surface area contributed by atoms with Crippen LogP contribution >= 0.6 is 11.6 Å². The number of ether oxygens (including phenoxy) is 1. The fraction of sp³-hybridized carbons (Fsp3) is 0.500. The summed E-state index contributed by atoms with van der Waals surface area (Å²) < 4.78 is 40.3. The maximum Gasteiger partial charge on any atom is 0.422 e. The summed E-state index contributed by atoms with van der Waals surface area (Å²) in [5.74, 6) is -0.155. The van der Waals surface area contributed by atoms with E-state index >= 15 is 0 Å². The molecule has 0 bridgehead atoms. The quantitative estimate of drug-likeness (QED) is 0.779. The van der Waals surface area contributed by atoms with E-state index in [0.717, 1.165) is 6.07 Å². The molecule has 1 aromatic heterocycles. The zero-order chi connectivity index (χ0) is 13.8. The third-order valence-corrected chi connectivity index (χ3v) is 2.00. The number of halogens is 4. The minimum atomic E-state index is -4.45. The van der Waals surface area contributed by atoms with Crippen molar-refractivity contribution in [3.63, 3.8) is 0 Å². The number of ketones is 1. The van der Waals surface area contributed by atoms with Gasteiger partial charge in [0.1, 0.15) is 16.8 Å². The monoisotopic (exact) mass is 282 g/mol. The van der Waals surface area contributed by atoms with Crippen LogP contribution in [0.3, 0.4) is 0 Å². The van der Waals surface area contributed by atoms with Crippen molar-refractivity contribution in [2.45, 2.75) is 25.9 Å². The average molecular weight is 283 g/mol. The molecule has 0 N–H and O–H groups in total. The third kappa shape index (κ3) is 5.81. The predicted molar refractivity (Wildman–Crippen MR) is 57.6 cm³/mol. The van der Waals surface area contributed by atoms with Crippen molar-refractivity contribution in [3.8, 4) is 5.88 Å². The summed E-state index contributed by atoms with van der Waals surface area (Å²) in [7, 11) is 0. The molecule has 8 heteroatoms. The number of hydrogen-bond donors (Lipinski definition) is 0. The van der Waals surface area contributed by atoms with Gasteiger partial charge in [-0.25, -0.2) is 4.98 Å². The minimum absolute atomic E-state index is 0.0271. The van der Waals surface area contributed by atoms with Gasteiger partial charge < -0.3 is 9.53 Å². The normalized spacial score (nSPS) is 11.4. The highest BCUT2D eigenvalue weighted by atomic mass is 35.5. The van der Waals surface area contributed by atoms with E-state index < -0.39 is 12.8 Å². The summed E-state index contributed by atoms with van der Waals surface area (Å²) in [5.41, 5.74) is 0. The van der Waals surface area contributed by atoms with E-state index in [2.05, 4.69) is 14.7 Å². The van der Waals surface area contributed by atoms with Crippen molar-refractivity contribution in [2.75, 3.05) is 6.61 Å². The number of Topliss-reactive ketones (excluding diaryl/α,β-unsaturated/α-hetero) is 1. The van der Waals surface area contributed by atoms with Crippen molar-refractivity contribution in [1.82, 2.24) is 9.97 Å². The smallest absolute Gasteiger partial charge is 0.422 e. The van der Waals surface area contributed by atoms with E-state index in [-0.39, 0.29) is 35.5 Å². The first kappa shape index (κ1) is 14.7. The Kier molecular flexibility index (Phi) is 4.89. The first-order chi connectivity index (χ1) is 8.26. The molecule has 0 unspecified atom stereocenters. The van der Waals surface area contributed by atoms with Gasteiger partial charge in [0.2, 0.25) is 5.88 Å². The zero-order valence-corrected chi connectivity index (χ0v) is 10.2. The molecule has 0 amide bonds. The molecular formula is C10H10ClF3N2O2. The van der Waals surface area contributed by atoms with E-state index in [1.165, 1.54) is 6.92 Å². The van der Waals surface area contributed by atoms with Gasteiger partial charge in [0, 0.05) is 18.9 Å². The number of rotatable bonds is 5. The van der Waals surface area contributed by atoms with E-state index in [0.29, 0.717) is 0 Å². The fourth-order valence-electron chi connectivity index (χ4n) is 1.07. The van der Waals surface area contributed by atoms with Gasteiger partial charge in [0.05, 0.1) is 0 Å². The van der Waals surface area contributed by atoms with Crippen LogP contribution < -0.4 is 4.74 Å². The number of aromatic nitrogens is 2. The van der Waals surface area contributed by atoms with Crippen molar-refractivity contribution < 1.29 is 22.7 Å². The molecule has 18 heavy (non-hydrogen) atoms. The van der Waals surface area contributed by atoms with Crippen LogP contribution in [0.2, 0.25) is 5.15 Å². The molecular weight excluding hydrogens is 273 g/mol. The van der Waals surface area contributed by atoms with Crippen LogP contribution in [0.1, 0.15) is 19.2 Å². The van der Waals surface area contributed by atoms with Gasteiger partial charge >= 0.3 is 6.18 Å². The Morgan fingerprint density at radius 3 is 2.67 bits per heavy atom. The second-order valence-electron chi connectivity index (χ2n) is 3.55. The molecule has 1 heterocycles. The van der Waals surface area contributed by atoms with E-state index in [1.807, 2.05) is 0 Å². The molecule has 0 spiro atoms. The second-order valence-corrected chi connectivity index (χ2v) is 3.94. The molecule has 0 aromatic carbocycles. The Balaban J connectivity index is 2.71. The van der Waals surface area contributed by atoms with Crippen LogP contribution in [-0.2, 0) is 11.2 Å². The Hall–Kier alpha value is -1.37. The lowest BCUT2D eigenvalue weighted by molar-refractivity contribution is -0.154. The summed E-state index contributed by atoms with van der Waals surface area (Å²) >= 11 is 5.62. The highest BCUT2D eigenvalue weighted by molar-refractivity contribution is 6.29. The van der Waals surface area contributed by atoms with Crippen LogP contribution in [0, 0.1) is 0 Å². The van der Waals surface area contributed by atoms with Gasteiger partial charge in [-0.2, -0.15) is 18.2 Å². The summed E-state index contributed by atoms with van der Waals surface area (Å²) in [4.78, 5) is 18.3. The summed E-state index contributed by atoms with van der Waals surface area (Å²) in [6.45, 7) is -0.0574. The largest absolute Gasteiger partial charge is 0.468 e. The molecule has 0 fully saturated rings. The topological polar surface area (TPSA) is 52.1 Å². The lowest BCUT2D eigenvalue weighted by Crippen LogP contribution is -2.20. The molecule has 0 saturated carbocycles. The number of carbonyl (C=O) groups excluding carboxylic acids is 1. The fourth-order valence-corrected chi connectivity index (χ4v) is 1.26. The van der Waals surface area contributed by atoms with Crippen LogP contribution in [0.15, 0.2) is 6.07 Å². The van der Waals surface area contributed by atoms with Crippen LogP contribution in [-0.4, -0.2) is 28.5 Å². The molecule has 4 nitrogen and oxygen atoms in total. The average Bonchev–Trinajstić information content (AvgIpc) is 2.22. The molecule has 0 saturated heterocycles. The SMILES string of the molecule is CC(=O)CCc1nc(Cl)cc(OCC(F)(F)F)n1. The second kappa shape index (κ2) is 5.99. The molecule has 100 valence electrons. The maximum absolute atomic E-state index is 12.0. The Morgan fingerprint density at radius 1 is 1.44 bits per heavy atom. The summed E-state index contributed by atoms with van der Waals surface area (Å²) in [6, 6.07) is 1.09. The Labute approximate surface area is 106 Å². The molecule has 0 atom stereocenters. The van der Waals surface area contributed by atoms with Gasteiger partial charge in [0.25, 0.3) is 0 Å². The Morgan fingerprint density at radius 2 is 2.11 bits per heavy atom. The first-order valence-corrected chi connectivity index (χ1v) is 5.36. The van der Waals surface area contributed by atoms with Gasteiger partial charge in [-0.1, -0.05) is 11.6 Å². The summed E-state index contributed by atoms with van der Waals surface area (Å²) in [6.07, 6.45) is -4.05. The predicted octanol–water partition coefficient (Wildman–Crippen LogP) is 2.59. The highest BCUT2D eigenvalue weighted by Crippen LogP contribution is 2.19. The zero-order valence-electron chi connectivity index (χ0n) is 9.42. The molecule has 1 aromatic rings. The van der Waals surface area contributed by atoms with Crippen molar-refractivity contribution >= 4 is 17.4 Å². The van der Waals surface area contributed by atoms with E-state index in [1.54, 1.807) is 0 Å². The van der Waals surface area contributed by atoms with Crippen molar-refractivity contribution in [3.05, 3.63) is 17.0 Å². The standard InChI is InChI=1S/C10H10ClF3N2O2/c1-6(17)2-3-8-15-7(11)4-9(16-8)18-5-10(12,13)14/h4H,2-3,5H2,1H3. The molecule has 0 aliphatic heterocycles. The highest BCUT2D eigenvalue weighted by Gasteiger charge is 2.28. The van der Waals surface area contributed by atoms with E-state index in [4.69, 9.17) is 11.6 Å². The van der Waals surface area contributed by atoms with Gasteiger partial charge in [-0.3, -0.25) is 0 Å². The molecule has 1 rings (SSSR count). The molecule has 0 radical (unpaired) electrons. The lowest BCUT2D eigenvalue weighted by Gasteiger charge is -2.09. The minimum Gasteiger partial charge on any atom is -0.468 e. The van der Waals surface area contributed by atoms with Gasteiger partial charge in [0.15, 0.2) is 6.61 Å². The molecule has 0 aliphatic rings. The van der Waals surface area contributed by atoms with Crippen LogP contribution in [0.25, 0.3) is 0 Å². The lowest BCUT2D eigenvalue weighted by atomic mass is 10.2. The van der Waals surface area contributed by atoms with Crippen LogP contribution in [0.5, 0.6) is 5.88 Å². The summed E-state index contributed by atoms with van der Waals surface area (Å²) in [5, 5.41) is -0.0271. The Bertz CT molecular complexity index is 438. The van der Waals surface area contributed by atoms with E-state index in [9.17, 15) is 18.0 Å². The van der Waals surface area contributed by atoms with Gasteiger partial charge in [-0.05, 0) is 6.92 Å². The van der Waals surface area contributed by atoms with Crippen molar-refractivity contribution in [2.24, 2.45) is 0 Å². The van der Waals surface area contributed by atoms with Crippen LogP contribution in [0.4, 0.5) is 13.2 Å². The first-order valence-electron chi connectivity index (χ1n) is 4.99. The number of alkyl halides is 3. The number of hydrogen-bond acceptors (Lipinski definition) is 4. The molecule has 0 aliphatic carbocycles. The number of aryl methyl sites for hydroxylation is 1. The number of carbonyl (C=O) groups is 1.